The number of hydrogen-bond acceptors (Lipinski definition) is 3. The number of rotatable bonds is 5. The summed E-state index contributed by atoms with van der Waals surface area (Å²) in [6, 6.07) is 7.95. The molecule has 0 aliphatic rings. The van der Waals surface area contributed by atoms with Crippen molar-refractivity contribution in [3.05, 3.63) is 29.8 Å². The van der Waals surface area contributed by atoms with Gasteiger partial charge in [0.05, 0.1) is 6.10 Å². The Morgan fingerprint density at radius 2 is 2.00 bits per heavy atom. The van der Waals surface area contributed by atoms with Crippen LogP contribution in [0.25, 0.3) is 0 Å². The quantitative estimate of drug-likeness (QED) is 0.749. The van der Waals surface area contributed by atoms with Crippen molar-refractivity contribution in [3.63, 3.8) is 0 Å². The fraction of sp³-hybridized carbons (Fsp3) is 0.538. The second kappa shape index (κ2) is 5.87. The molecule has 0 saturated heterocycles. The number of aliphatic hydroxyl groups excluding tert-OH is 1. The van der Waals surface area contributed by atoms with Crippen LogP contribution in [0.5, 0.6) is 0 Å². The molecule has 16 heavy (non-hydrogen) atoms. The monoisotopic (exact) mass is 222 g/mol. The lowest BCUT2D eigenvalue weighted by atomic mass is 10.1. The van der Waals surface area contributed by atoms with E-state index in [2.05, 4.69) is 18.7 Å². The Morgan fingerprint density at radius 3 is 2.56 bits per heavy atom. The lowest BCUT2D eigenvalue weighted by Crippen LogP contribution is -2.32. The molecule has 0 aromatic heterocycles. The van der Waals surface area contributed by atoms with Crippen LogP contribution in [-0.4, -0.2) is 29.6 Å². The van der Waals surface area contributed by atoms with Gasteiger partial charge >= 0.3 is 0 Å². The maximum atomic E-state index is 10.1. The standard InChI is InChI=1S/C13H22N2O/c1-4-10(2)15(3)9-13(16)11-7-5-6-8-12(11)14/h5-8,10,13,16H,4,9,14H2,1-3H3. The molecule has 0 saturated carbocycles. The van der Waals surface area contributed by atoms with E-state index in [9.17, 15) is 5.11 Å². The first-order chi connectivity index (χ1) is 7.56. The molecule has 2 atom stereocenters. The lowest BCUT2D eigenvalue weighted by Gasteiger charge is -2.26. The first-order valence-corrected chi connectivity index (χ1v) is 5.79. The van der Waals surface area contributed by atoms with E-state index in [0.717, 1.165) is 12.0 Å². The van der Waals surface area contributed by atoms with E-state index in [1.54, 1.807) is 0 Å². The number of benzene rings is 1. The molecule has 90 valence electrons. The zero-order chi connectivity index (χ0) is 12.1. The van der Waals surface area contributed by atoms with Crippen molar-refractivity contribution in [3.8, 4) is 0 Å². The van der Waals surface area contributed by atoms with Gasteiger partial charge in [0.1, 0.15) is 0 Å². The second-order valence-electron chi connectivity index (χ2n) is 4.34. The molecule has 3 nitrogen and oxygen atoms in total. The third-order valence-corrected chi connectivity index (χ3v) is 3.16. The van der Waals surface area contributed by atoms with Gasteiger partial charge in [0, 0.05) is 23.8 Å². The van der Waals surface area contributed by atoms with Gasteiger partial charge in [-0.1, -0.05) is 25.1 Å². The van der Waals surface area contributed by atoms with E-state index >= 15 is 0 Å². The van der Waals surface area contributed by atoms with E-state index < -0.39 is 6.10 Å². The third kappa shape index (κ3) is 3.22. The molecule has 1 aromatic rings. The highest BCUT2D eigenvalue weighted by atomic mass is 16.3. The highest BCUT2D eigenvalue weighted by molar-refractivity contribution is 5.47. The van der Waals surface area contributed by atoms with E-state index in [1.807, 2.05) is 31.3 Å². The van der Waals surface area contributed by atoms with Gasteiger partial charge < -0.3 is 15.7 Å². The first kappa shape index (κ1) is 13.0. The van der Waals surface area contributed by atoms with Gasteiger partial charge in [0.15, 0.2) is 0 Å². The summed E-state index contributed by atoms with van der Waals surface area (Å²) in [5, 5.41) is 10.1. The van der Waals surface area contributed by atoms with E-state index in [0.29, 0.717) is 18.3 Å². The molecular formula is C13H22N2O. The minimum Gasteiger partial charge on any atom is -0.398 e. The van der Waals surface area contributed by atoms with Crippen molar-refractivity contribution in [1.82, 2.24) is 4.90 Å². The number of anilines is 1. The molecule has 2 unspecified atom stereocenters. The van der Waals surface area contributed by atoms with Crippen molar-refractivity contribution in [2.75, 3.05) is 19.3 Å². The summed E-state index contributed by atoms with van der Waals surface area (Å²) >= 11 is 0. The summed E-state index contributed by atoms with van der Waals surface area (Å²) in [6.07, 6.45) is 0.563. The SMILES string of the molecule is CCC(C)N(C)CC(O)c1ccccc1N. The topological polar surface area (TPSA) is 49.5 Å². The molecule has 0 spiro atoms. The number of hydrogen-bond donors (Lipinski definition) is 2. The zero-order valence-electron chi connectivity index (χ0n) is 10.4. The predicted octanol–water partition coefficient (Wildman–Crippen LogP) is 2.03. The fourth-order valence-electron chi connectivity index (χ4n) is 1.68. The van der Waals surface area contributed by atoms with Crippen LogP contribution in [-0.2, 0) is 0 Å². The normalized spacial score (nSPS) is 15.1. The lowest BCUT2D eigenvalue weighted by molar-refractivity contribution is 0.108. The summed E-state index contributed by atoms with van der Waals surface area (Å²) in [5.41, 5.74) is 7.30. The Morgan fingerprint density at radius 1 is 1.38 bits per heavy atom. The average molecular weight is 222 g/mol. The molecule has 0 heterocycles. The molecule has 0 aliphatic heterocycles. The summed E-state index contributed by atoms with van der Waals surface area (Å²) in [5.74, 6) is 0. The van der Waals surface area contributed by atoms with Crippen LogP contribution in [0, 0.1) is 0 Å². The average Bonchev–Trinajstić information content (AvgIpc) is 2.28. The number of nitrogens with zero attached hydrogens (tertiary/aromatic N) is 1. The Bertz CT molecular complexity index is 327. The van der Waals surface area contributed by atoms with Crippen LogP contribution in [0.1, 0.15) is 31.9 Å². The van der Waals surface area contributed by atoms with Crippen molar-refractivity contribution in [1.29, 1.82) is 0 Å². The zero-order valence-corrected chi connectivity index (χ0v) is 10.4. The predicted molar refractivity (Wildman–Crippen MR) is 68.2 cm³/mol. The second-order valence-corrected chi connectivity index (χ2v) is 4.34. The van der Waals surface area contributed by atoms with Crippen LogP contribution in [0.2, 0.25) is 0 Å². The Balaban J connectivity index is 2.65. The van der Waals surface area contributed by atoms with E-state index in [1.165, 1.54) is 0 Å². The molecule has 0 fully saturated rings. The molecule has 3 heteroatoms. The van der Waals surface area contributed by atoms with Crippen molar-refractivity contribution in [2.45, 2.75) is 32.4 Å². The van der Waals surface area contributed by atoms with E-state index in [-0.39, 0.29) is 0 Å². The van der Waals surface area contributed by atoms with Gasteiger partial charge in [0.25, 0.3) is 0 Å². The number of aliphatic hydroxyl groups is 1. The minimum absolute atomic E-state index is 0.472. The van der Waals surface area contributed by atoms with Gasteiger partial charge in [-0.25, -0.2) is 0 Å². The summed E-state index contributed by atoms with van der Waals surface area (Å²) in [6.45, 7) is 4.91. The maximum absolute atomic E-state index is 10.1. The van der Waals surface area contributed by atoms with Crippen LogP contribution in [0.3, 0.4) is 0 Å². The highest BCUT2D eigenvalue weighted by Crippen LogP contribution is 2.21. The van der Waals surface area contributed by atoms with Gasteiger partial charge in [-0.3, -0.25) is 0 Å². The van der Waals surface area contributed by atoms with Gasteiger partial charge in [-0.2, -0.15) is 0 Å². The maximum Gasteiger partial charge on any atom is 0.0936 e. The Labute approximate surface area is 97.9 Å². The van der Waals surface area contributed by atoms with Crippen LogP contribution in [0.15, 0.2) is 24.3 Å². The molecule has 1 rings (SSSR count). The Kier molecular flexibility index (Phi) is 4.77. The van der Waals surface area contributed by atoms with Crippen molar-refractivity contribution < 1.29 is 5.11 Å². The van der Waals surface area contributed by atoms with Crippen LogP contribution >= 0.6 is 0 Å². The third-order valence-electron chi connectivity index (χ3n) is 3.16. The number of likely N-dealkylation sites (N-methyl/N-ethyl adjacent to an activating group) is 1. The smallest absolute Gasteiger partial charge is 0.0936 e. The van der Waals surface area contributed by atoms with Gasteiger partial charge in [0.2, 0.25) is 0 Å². The fourth-order valence-corrected chi connectivity index (χ4v) is 1.68. The molecule has 0 amide bonds. The molecule has 0 bridgehead atoms. The molecule has 0 radical (unpaired) electrons. The summed E-state index contributed by atoms with van der Waals surface area (Å²) in [7, 11) is 2.02. The number of nitrogens with two attached hydrogens (primary N) is 1. The van der Waals surface area contributed by atoms with E-state index in [4.69, 9.17) is 5.73 Å². The summed E-state index contributed by atoms with van der Waals surface area (Å²) in [4.78, 5) is 2.15. The molecule has 0 aliphatic carbocycles. The van der Waals surface area contributed by atoms with Crippen LogP contribution in [0.4, 0.5) is 5.69 Å². The van der Waals surface area contributed by atoms with Gasteiger partial charge in [-0.15, -0.1) is 0 Å². The Hall–Kier alpha value is -1.06. The van der Waals surface area contributed by atoms with Crippen LogP contribution < -0.4 is 5.73 Å². The minimum atomic E-state index is -0.514. The molecular weight excluding hydrogens is 200 g/mol. The number of nitrogen functional groups attached to an aromatic ring is 1. The van der Waals surface area contributed by atoms with Crippen molar-refractivity contribution >= 4 is 5.69 Å². The molecule has 3 N–H and O–H groups in total. The number of para-hydroxylation sites is 1. The largest absolute Gasteiger partial charge is 0.398 e. The summed E-state index contributed by atoms with van der Waals surface area (Å²) < 4.78 is 0. The molecule has 1 aromatic carbocycles. The van der Waals surface area contributed by atoms with Gasteiger partial charge in [-0.05, 0) is 26.5 Å². The van der Waals surface area contributed by atoms with Crippen molar-refractivity contribution in [2.24, 2.45) is 0 Å². The first-order valence-electron chi connectivity index (χ1n) is 5.79. The highest BCUT2D eigenvalue weighted by Gasteiger charge is 2.15.